The number of thiophene rings is 1. The zero-order chi connectivity index (χ0) is 25.2. The van der Waals surface area contributed by atoms with Gasteiger partial charge in [-0.3, -0.25) is 4.79 Å². The van der Waals surface area contributed by atoms with Crippen LogP contribution in [-0.4, -0.2) is 16.7 Å². The van der Waals surface area contributed by atoms with E-state index in [1.165, 1.54) is 27.9 Å². The summed E-state index contributed by atoms with van der Waals surface area (Å²) in [6.07, 6.45) is 8.32. The first-order chi connectivity index (χ1) is 18.2. The number of benzene rings is 3. The van der Waals surface area contributed by atoms with E-state index >= 15 is 0 Å². The molecule has 0 spiro atoms. The van der Waals surface area contributed by atoms with Crippen molar-refractivity contribution in [2.24, 2.45) is 4.99 Å². The van der Waals surface area contributed by atoms with E-state index in [0.717, 1.165) is 57.5 Å². The van der Waals surface area contributed by atoms with Gasteiger partial charge in [0.15, 0.2) is 0 Å². The Balaban J connectivity index is 1.36. The lowest BCUT2D eigenvalue weighted by atomic mass is 9.95. The fourth-order valence-corrected chi connectivity index (χ4v) is 6.51. The maximum atomic E-state index is 13.4. The minimum atomic E-state index is -0.0737. The molecular weight excluding hydrogens is 542 g/mol. The standard InChI is InChI=1S/C31H26BrN3OS/c32-23-16-14-21(15-17-23)19-35-20-22(25-10-4-6-12-27(25)35)18-33-31-29(26-11-5-7-13-28(26)37-31)30(36)34-24-8-2-1-3-9-24/h1-4,6,8-10,12,14-18,20H,5,7,11,13,19H2,(H,34,36). The van der Waals surface area contributed by atoms with Crippen molar-refractivity contribution in [1.82, 2.24) is 4.57 Å². The van der Waals surface area contributed by atoms with Crippen molar-refractivity contribution in [3.63, 3.8) is 0 Å². The van der Waals surface area contributed by atoms with E-state index in [4.69, 9.17) is 4.99 Å². The molecule has 4 nitrogen and oxygen atoms in total. The van der Waals surface area contributed by atoms with Crippen LogP contribution < -0.4 is 5.32 Å². The number of hydrogen-bond acceptors (Lipinski definition) is 3. The number of halogens is 1. The highest BCUT2D eigenvalue weighted by Crippen LogP contribution is 2.40. The first kappa shape index (κ1) is 23.9. The number of anilines is 1. The van der Waals surface area contributed by atoms with Crippen LogP contribution >= 0.6 is 27.3 Å². The molecule has 1 N–H and O–H groups in total. The van der Waals surface area contributed by atoms with Gasteiger partial charge in [0.2, 0.25) is 0 Å². The zero-order valence-corrected chi connectivity index (χ0v) is 22.7. The predicted octanol–water partition coefficient (Wildman–Crippen LogP) is 8.40. The maximum Gasteiger partial charge on any atom is 0.259 e. The Morgan fingerprint density at radius 2 is 1.73 bits per heavy atom. The number of rotatable bonds is 6. The topological polar surface area (TPSA) is 46.4 Å². The van der Waals surface area contributed by atoms with Gasteiger partial charge in [-0.25, -0.2) is 4.99 Å². The molecule has 0 saturated heterocycles. The van der Waals surface area contributed by atoms with Crippen molar-refractivity contribution < 1.29 is 4.79 Å². The van der Waals surface area contributed by atoms with Crippen LogP contribution in [-0.2, 0) is 19.4 Å². The van der Waals surface area contributed by atoms with Crippen LogP contribution in [0.2, 0.25) is 0 Å². The number of hydrogen-bond donors (Lipinski definition) is 1. The fourth-order valence-electron chi connectivity index (χ4n) is 5.02. The summed E-state index contributed by atoms with van der Waals surface area (Å²) in [6, 6.07) is 26.5. The summed E-state index contributed by atoms with van der Waals surface area (Å²) in [5, 5.41) is 5.03. The van der Waals surface area contributed by atoms with E-state index in [-0.39, 0.29) is 5.91 Å². The average molecular weight is 569 g/mol. The summed E-state index contributed by atoms with van der Waals surface area (Å²) in [5.74, 6) is -0.0737. The first-order valence-corrected chi connectivity index (χ1v) is 14.1. The molecule has 37 heavy (non-hydrogen) atoms. The number of aromatic nitrogens is 1. The summed E-state index contributed by atoms with van der Waals surface area (Å²) < 4.78 is 3.34. The summed E-state index contributed by atoms with van der Waals surface area (Å²) in [7, 11) is 0. The summed E-state index contributed by atoms with van der Waals surface area (Å²) >= 11 is 5.19. The quantitative estimate of drug-likeness (QED) is 0.206. The van der Waals surface area contributed by atoms with E-state index in [1.807, 2.05) is 36.5 Å². The van der Waals surface area contributed by atoms with Gasteiger partial charge in [0.1, 0.15) is 5.00 Å². The maximum absolute atomic E-state index is 13.4. The van der Waals surface area contributed by atoms with Crippen LogP contribution in [0.25, 0.3) is 10.9 Å². The molecule has 6 rings (SSSR count). The molecule has 5 aromatic rings. The molecular formula is C31H26BrN3OS. The van der Waals surface area contributed by atoms with E-state index in [9.17, 15) is 4.79 Å². The monoisotopic (exact) mass is 567 g/mol. The van der Waals surface area contributed by atoms with Gasteiger partial charge in [-0.1, -0.05) is 64.5 Å². The van der Waals surface area contributed by atoms with Crippen LogP contribution in [0.15, 0.2) is 94.5 Å². The van der Waals surface area contributed by atoms with E-state index in [0.29, 0.717) is 0 Å². The molecule has 0 saturated carbocycles. The number of aliphatic imine (C=N–C) groups is 1. The Kier molecular flexibility index (Phi) is 6.77. The molecule has 1 aliphatic carbocycles. The number of para-hydroxylation sites is 2. The van der Waals surface area contributed by atoms with Crippen LogP contribution in [0.3, 0.4) is 0 Å². The first-order valence-electron chi connectivity index (χ1n) is 12.5. The number of fused-ring (bicyclic) bond motifs is 2. The van der Waals surface area contributed by atoms with E-state index in [1.54, 1.807) is 11.3 Å². The molecule has 2 heterocycles. The summed E-state index contributed by atoms with van der Waals surface area (Å²) in [4.78, 5) is 19.7. The molecule has 2 aromatic heterocycles. The number of nitrogens with zero attached hydrogens (tertiary/aromatic N) is 2. The van der Waals surface area contributed by atoms with Crippen molar-refractivity contribution in [2.45, 2.75) is 32.2 Å². The SMILES string of the molecule is O=C(Nc1ccccc1)c1c(N=Cc2cn(Cc3ccc(Br)cc3)c3ccccc23)sc2c1CCCC2. The van der Waals surface area contributed by atoms with Gasteiger partial charge in [-0.15, -0.1) is 11.3 Å². The van der Waals surface area contributed by atoms with Crippen LogP contribution in [0.5, 0.6) is 0 Å². The van der Waals surface area contributed by atoms with Gasteiger partial charge < -0.3 is 9.88 Å². The molecule has 0 aliphatic heterocycles. The lowest BCUT2D eigenvalue weighted by Crippen LogP contribution is -2.14. The molecule has 3 aromatic carbocycles. The molecule has 0 fully saturated rings. The third kappa shape index (κ3) is 5.04. The molecule has 1 aliphatic rings. The number of aryl methyl sites for hydroxylation is 1. The number of amides is 1. The van der Waals surface area contributed by atoms with Gasteiger partial charge in [0, 0.05) is 50.5 Å². The molecule has 0 unspecified atom stereocenters. The van der Waals surface area contributed by atoms with Gasteiger partial charge in [-0.2, -0.15) is 0 Å². The average Bonchev–Trinajstić information content (AvgIpc) is 3.47. The van der Waals surface area contributed by atoms with Gasteiger partial charge in [0.25, 0.3) is 5.91 Å². The third-order valence-corrected chi connectivity index (χ3v) is 8.55. The van der Waals surface area contributed by atoms with Crippen molar-refractivity contribution in [3.05, 3.63) is 117 Å². The molecule has 184 valence electrons. The van der Waals surface area contributed by atoms with Gasteiger partial charge in [0.05, 0.1) is 5.56 Å². The summed E-state index contributed by atoms with van der Waals surface area (Å²) in [5.41, 5.74) is 6.16. The predicted molar refractivity (Wildman–Crippen MR) is 158 cm³/mol. The normalized spacial score (nSPS) is 13.2. The Bertz CT molecular complexity index is 1600. The number of carbonyl (C=O) groups excluding carboxylic acids is 1. The second kappa shape index (κ2) is 10.5. The van der Waals surface area contributed by atoms with Crippen molar-refractivity contribution in [1.29, 1.82) is 0 Å². The Labute approximate surface area is 228 Å². The third-order valence-electron chi connectivity index (χ3n) is 6.82. The largest absolute Gasteiger partial charge is 0.342 e. The minimum absolute atomic E-state index is 0.0737. The molecule has 1 amide bonds. The molecule has 0 radical (unpaired) electrons. The van der Waals surface area contributed by atoms with Gasteiger partial charge >= 0.3 is 0 Å². The number of nitrogens with one attached hydrogen (secondary N) is 1. The Morgan fingerprint density at radius 1 is 0.973 bits per heavy atom. The fraction of sp³-hybridized carbons (Fsp3) is 0.161. The lowest BCUT2D eigenvalue weighted by molar-refractivity contribution is 0.102. The van der Waals surface area contributed by atoms with Crippen molar-refractivity contribution in [3.8, 4) is 0 Å². The highest BCUT2D eigenvalue weighted by molar-refractivity contribution is 9.10. The zero-order valence-electron chi connectivity index (χ0n) is 20.3. The number of carbonyl (C=O) groups is 1. The molecule has 6 heteroatoms. The van der Waals surface area contributed by atoms with Crippen LogP contribution in [0, 0.1) is 0 Å². The smallest absolute Gasteiger partial charge is 0.259 e. The van der Waals surface area contributed by atoms with E-state index in [2.05, 4.69) is 80.5 Å². The Morgan fingerprint density at radius 3 is 2.57 bits per heavy atom. The Hall–Kier alpha value is -3.48. The van der Waals surface area contributed by atoms with Crippen molar-refractivity contribution in [2.75, 3.05) is 5.32 Å². The second-order valence-electron chi connectivity index (χ2n) is 9.33. The molecule has 0 atom stereocenters. The van der Waals surface area contributed by atoms with Crippen LogP contribution in [0.4, 0.5) is 10.7 Å². The van der Waals surface area contributed by atoms with Crippen molar-refractivity contribution >= 4 is 61.0 Å². The van der Waals surface area contributed by atoms with Gasteiger partial charge in [-0.05, 0) is 67.1 Å². The second-order valence-corrected chi connectivity index (χ2v) is 11.3. The van der Waals surface area contributed by atoms with E-state index < -0.39 is 0 Å². The highest BCUT2D eigenvalue weighted by Gasteiger charge is 2.25. The molecule has 0 bridgehead atoms. The highest BCUT2D eigenvalue weighted by atomic mass is 79.9. The van der Waals surface area contributed by atoms with Crippen LogP contribution in [0.1, 0.15) is 44.8 Å². The lowest BCUT2D eigenvalue weighted by Gasteiger charge is -2.12. The summed E-state index contributed by atoms with van der Waals surface area (Å²) in [6.45, 7) is 0.777. The minimum Gasteiger partial charge on any atom is -0.342 e.